The number of carbonyl (C=O) groups excluding carboxylic acids is 1. The van der Waals surface area contributed by atoms with Crippen molar-refractivity contribution in [3.8, 4) is 5.75 Å². The Kier molecular flexibility index (Phi) is 6.35. The molecule has 1 heterocycles. The molecule has 0 atom stereocenters. The fourth-order valence-electron chi connectivity index (χ4n) is 3.21. The lowest BCUT2D eigenvalue weighted by Gasteiger charge is -2.10. The summed E-state index contributed by atoms with van der Waals surface area (Å²) < 4.78 is 7.41. The summed E-state index contributed by atoms with van der Waals surface area (Å²) in [4.78, 5) is 17.1. The van der Waals surface area contributed by atoms with Crippen molar-refractivity contribution in [3.05, 3.63) is 90.0 Å². The van der Waals surface area contributed by atoms with Crippen LogP contribution in [0.3, 0.4) is 0 Å². The number of ether oxygens (including phenoxy) is 1. The van der Waals surface area contributed by atoms with Gasteiger partial charge in [-0.1, -0.05) is 66.4 Å². The Hall–Kier alpha value is -3.25. The van der Waals surface area contributed by atoms with Crippen molar-refractivity contribution in [2.24, 2.45) is 0 Å². The van der Waals surface area contributed by atoms with Gasteiger partial charge in [-0.25, -0.2) is 4.98 Å². The minimum atomic E-state index is -0.00749. The maximum Gasteiger partial charge on any atom is 0.230 e. The van der Waals surface area contributed by atoms with Crippen LogP contribution in [0.25, 0.3) is 11.0 Å². The molecule has 4 aromatic rings. The number of hydrogen-bond acceptors (Lipinski definition) is 4. The van der Waals surface area contributed by atoms with Gasteiger partial charge in [0.05, 0.1) is 30.4 Å². The van der Waals surface area contributed by atoms with Gasteiger partial charge >= 0.3 is 0 Å². The second-order valence-electron chi connectivity index (χ2n) is 6.87. The highest BCUT2D eigenvalue weighted by molar-refractivity contribution is 7.99. The van der Waals surface area contributed by atoms with E-state index in [1.165, 1.54) is 11.8 Å². The molecule has 0 unspecified atom stereocenters. The van der Waals surface area contributed by atoms with E-state index < -0.39 is 0 Å². The SMILES string of the molecule is COc1ccc(Cn2c(SCC(=O)NCc3ccccc3)nc3ccccc32)cc1. The van der Waals surface area contributed by atoms with E-state index in [1.54, 1.807) is 7.11 Å². The van der Waals surface area contributed by atoms with Gasteiger partial charge in [0.25, 0.3) is 0 Å². The van der Waals surface area contributed by atoms with Crippen LogP contribution in [-0.4, -0.2) is 28.3 Å². The smallest absolute Gasteiger partial charge is 0.230 e. The van der Waals surface area contributed by atoms with Gasteiger partial charge in [0, 0.05) is 6.54 Å². The number of carbonyl (C=O) groups is 1. The summed E-state index contributed by atoms with van der Waals surface area (Å²) in [6.45, 7) is 1.21. The van der Waals surface area contributed by atoms with Gasteiger partial charge < -0.3 is 14.6 Å². The van der Waals surface area contributed by atoms with Gasteiger partial charge in [-0.3, -0.25) is 4.79 Å². The molecule has 30 heavy (non-hydrogen) atoms. The van der Waals surface area contributed by atoms with Gasteiger partial charge in [0.1, 0.15) is 5.75 Å². The summed E-state index contributed by atoms with van der Waals surface area (Å²) in [5, 5.41) is 3.81. The molecule has 0 spiro atoms. The van der Waals surface area contributed by atoms with Gasteiger partial charge in [0.2, 0.25) is 5.91 Å². The number of para-hydroxylation sites is 2. The maximum absolute atomic E-state index is 12.4. The van der Waals surface area contributed by atoms with Crippen molar-refractivity contribution in [2.75, 3.05) is 12.9 Å². The number of thioether (sulfide) groups is 1. The Balaban J connectivity index is 1.47. The third kappa shape index (κ3) is 4.83. The van der Waals surface area contributed by atoms with E-state index in [1.807, 2.05) is 60.7 Å². The van der Waals surface area contributed by atoms with Crippen LogP contribution in [-0.2, 0) is 17.9 Å². The molecule has 152 valence electrons. The first-order chi connectivity index (χ1) is 14.7. The number of fused-ring (bicyclic) bond motifs is 1. The van der Waals surface area contributed by atoms with Crippen LogP contribution in [0.4, 0.5) is 0 Å². The van der Waals surface area contributed by atoms with Crippen LogP contribution in [0.5, 0.6) is 5.75 Å². The minimum absolute atomic E-state index is 0.00749. The highest BCUT2D eigenvalue weighted by Gasteiger charge is 2.13. The first-order valence-electron chi connectivity index (χ1n) is 9.74. The predicted octanol–water partition coefficient (Wildman–Crippen LogP) is 4.50. The third-order valence-corrected chi connectivity index (χ3v) is 5.76. The molecule has 0 saturated carbocycles. The Morgan fingerprint density at radius 1 is 0.967 bits per heavy atom. The van der Waals surface area contributed by atoms with Gasteiger partial charge in [-0.2, -0.15) is 0 Å². The number of benzene rings is 3. The molecule has 0 fully saturated rings. The fourth-order valence-corrected chi connectivity index (χ4v) is 4.05. The second kappa shape index (κ2) is 9.50. The lowest BCUT2D eigenvalue weighted by molar-refractivity contribution is -0.118. The van der Waals surface area contributed by atoms with Crippen molar-refractivity contribution in [2.45, 2.75) is 18.2 Å². The first kappa shape index (κ1) is 20.0. The van der Waals surface area contributed by atoms with Gasteiger partial charge in [-0.05, 0) is 35.4 Å². The lowest BCUT2D eigenvalue weighted by atomic mass is 10.2. The molecule has 0 bridgehead atoms. The number of aromatic nitrogens is 2. The van der Waals surface area contributed by atoms with E-state index in [9.17, 15) is 4.79 Å². The average Bonchev–Trinajstić information content (AvgIpc) is 3.15. The van der Waals surface area contributed by atoms with Crippen LogP contribution in [0, 0.1) is 0 Å². The van der Waals surface area contributed by atoms with E-state index in [-0.39, 0.29) is 5.91 Å². The molecule has 0 aliphatic heterocycles. The normalized spacial score (nSPS) is 10.8. The molecule has 0 aliphatic carbocycles. The number of nitrogens with zero attached hydrogens (tertiary/aromatic N) is 2. The molecular formula is C24H23N3O2S. The van der Waals surface area contributed by atoms with E-state index >= 15 is 0 Å². The van der Waals surface area contributed by atoms with Crippen LogP contribution in [0.15, 0.2) is 84.0 Å². The summed E-state index contributed by atoms with van der Waals surface area (Å²) in [6.07, 6.45) is 0. The Morgan fingerprint density at radius 3 is 2.47 bits per heavy atom. The Labute approximate surface area is 180 Å². The summed E-state index contributed by atoms with van der Waals surface area (Å²) in [5.41, 5.74) is 4.22. The second-order valence-corrected chi connectivity index (χ2v) is 7.81. The number of methoxy groups -OCH3 is 1. The molecule has 6 heteroatoms. The third-order valence-electron chi connectivity index (χ3n) is 4.78. The van der Waals surface area contributed by atoms with E-state index in [0.29, 0.717) is 18.8 Å². The molecule has 0 saturated heterocycles. The maximum atomic E-state index is 12.4. The number of hydrogen-bond donors (Lipinski definition) is 1. The van der Waals surface area contributed by atoms with Gasteiger partial charge in [0.15, 0.2) is 5.16 Å². The number of rotatable bonds is 8. The highest BCUT2D eigenvalue weighted by Crippen LogP contribution is 2.25. The lowest BCUT2D eigenvalue weighted by Crippen LogP contribution is -2.24. The quantitative estimate of drug-likeness (QED) is 0.429. The van der Waals surface area contributed by atoms with Crippen molar-refractivity contribution in [3.63, 3.8) is 0 Å². The van der Waals surface area contributed by atoms with E-state index in [4.69, 9.17) is 9.72 Å². The number of nitrogens with one attached hydrogen (secondary N) is 1. The zero-order chi connectivity index (χ0) is 20.8. The van der Waals surface area contributed by atoms with Crippen LogP contribution >= 0.6 is 11.8 Å². The van der Waals surface area contributed by atoms with Crippen molar-refractivity contribution < 1.29 is 9.53 Å². The molecule has 1 N–H and O–H groups in total. The molecule has 1 amide bonds. The van der Waals surface area contributed by atoms with Crippen LogP contribution < -0.4 is 10.1 Å². The summed E-state index contributed by atoms with van der Waals surface area (Å²) in [7, 11) is 1.66. The highest BCUT2D eigenvalue weighted by atomic mass is 32.2. The zero-order valence-electron chi connectivity index (χ0n) is 16.7. The largest absolute Gasteiger partial charge is 0.497 e. The van der Waals surface area contributed by atoms with E-state index in [2.05, 4.69) is 28.1 Å². The average molecular weight is 418 g/mol. The summed E-state index contributed by atoms with van der Waals surface area (Å²) >= 11 is 1.46. The first-order valence-corrected chi connectivity index (χ1v) is 10.7. The molecule has 4 rings (SSSR count). The van der Waals surface area contributed by atoms with Crippen LogP contribution in [0.2, 0.25) is 0 Å². The van der Waals surface area contributed by atoms with Crippen molar-refractivity contribution in [1.82, 2.24) is 14.9 Å². The summed E-state index contributed by atoms with van der Waals surface area (Å²) in [6, 6.07) is 26.0. The minimum Gasteiger partial charge on any atom is -0.497 e. The Bertz CT molecular complexity index is 1120. The molecule has 1 aromatic heterocycles. The molecular weight excluding hydrogens is 394 g/mol. The zero-order valence-corrected chi connectivity index (χ0v) is 17.6. The van der Waals surface area contributed by atoms with E-state index in [0.717, 1.165) is 33.1 Å². The fraction of sp³-hybridized carbons (Fsp3) is 0.167. The monoisotopic (exact) mass is 417 g/mol. The van der Waals surface area contributed by atoms with Crippen molar-refractivity contribution in [1.29, 1.82) is 0 Å². The molecule has 5 nitrogen and oxygen atoms in total. The standard InChI is InChI=1S/C24H23N3O2S/c1-29-20-13-11-19(12-14-20)16-27-22-10-6-5-9-21(22)26-24(27)30-17-23(28)25-15-18-7-3-2-4-8-18/h2-14H,15-17H2,1H3,(H,25,28). The Morgan fingerprint density at radius 2 is 1.70 bits per heavy atom. The molecule has 3 aromatic carbocycles. The number of imidazole rings is 1. The van der Waals surface area contributed by atoms with Crippen LogP contribution in [0.1, 0.15) is 11.1 Å². The predicted molar refractivity (Wildman–Crippen MR) is 121 cm³/mol. The number of amides is 1. The van der Waals surface area contributed by atoms with Gasteiger partial charge in [-0.15, -0.1) is 0 Å². The molecule has 0 radical (unpaired) electrons. The van der Waals surface area contributed by atoms with Crippen molar-refractivity contribution >= 4 is 28.7 Å². The topological polar surface area (TPSA) is 56.1 Å². The molecule has 0 aliphatic rings. The summed E-state index contributed by atoms with van der Waals surface area (Å²) in [5.74, 6) is 1.14.